The van der Waals surface area contributed by atoms with Gasteiger partial charge in [-0.1, -0.05) is 0 Å². The van der Waals surface area contributed by atoms with Gasteiger partial charge in [-0.15, -0.1) is 11.6 Å². The summed E-state index contributed by atoms with van der Waals surface area (Å²) in [4.78, 5) is 31.1. The van der Waals surface area contributed by atoms with Crippen molar-refractivity contribution in [1.82, 2.24) is 0 Å². The highest BCUT2D eigenvalue weighted by molar-refractivity contribution is 6.29. The summed E-state index contributed by atoms with van der Waals surface area (Å²) in [5.74, 6) is -5.58. The number of halogens is 1. The second-order valence-corrected chi connectivity index (χ2v) is 2.36. The van der Waals surface area contributed by atoms with E-state index in [1.54, 1.807) is 0 Å². The highest BCUT2D eigenvalue weighted by Gasteiger charge is 2.27. The van der Waals surface area contributed by atoms with Crippen LogP contribution in [0.4, 0.5) is 0 Å². The molecule has 0 aromatic carbocycles. The van der Waals surface area contributed by atoms with E-state index in [-0.39, 0.29) is 0 Å². The third-order valence-corrected chi connectivity index (χ3v) is 1.46. The molecule has 0 aliphatic heterocycles. The van der Waals surface area contributed by atoms with Crippen LogP contribution >= 0.6 is 11.6 Å². The number of hydrogen-bond acceptors (Lipinski definition) is 3. The van der Waals surface area contributed by atoms with Crippen molar-refractivity contribution in [2.24, 2.45) is 5.92 Å². The second-order valence-electron chi connectivity index (χ2n) is 2.09. The number of carboxylic acid groups (broad SMARTS) is 2. The molecule has 0 bridgehead atoms. The number of hydrogen-bond donors (Lipinski definition) is 2. The monoisotopic (exact) mass is 194 g/mol. The molecule has 12 heavy (non-hydrogen) atoms. The summed E-state index contributed by atoms with van der Waals surface area (Å²) in [6.45, 7) is 0. The number of alkyl halides is 1. The summed E-state index contributed by atoms with van der Waals surface area (Å²) in [6, 6.07) is 0. The minimum atomic E-state index is -1.53. The predicted octanol–water partition coefficient (Wildman–Crippen LogP) is -0.0302. The number of ketones is 1. The maximum atomic E-state index is 10.7. The quantitative estimate of drug-likeness (QED) is 0.474. The zero-order valence-electron chi connectivity index (χ0n) is 5.99. The molecule has 1 unspecified atom stereocenters. The van der Waals surface area contributed by atoms with Crippen LogP contribution in [-0.4, -0.2) is 33.8 Å². The summed E-state index contributed by atoms with van der Waals surface area (Å²) < 4.78 is 0. The number of aliphatic carboxylic acids is 2. The SMILES string of the molecule is O=C(O)CC(C(=O)O)C(=O)CCl. The number of carbonyl (C=O) groups is 3. The van der Waals surface area contributed by atoms with E-state index in [2.05, 4.69) is 0 Å². The second kappa shape index (κ2) is 4.71. The number of carboxylic acids is 2. The smallest absolute Gasteiger partial charge is 0.314 e. The third-order valence-electron chi connectivity index (χ3n) is 1.20. The van der Waals surface area contributed by atoms with E-state index in [4.69, 9.17) is 21.8 Å². The molecule has 0 aromatic rings. The molecule has 0 fully saturated rings. The van der Waals surface area contributed by atoms with Gasteiger partial charge in [-0.2, -0.15) is 0 Å². The van der Waals surface area contributed by atoms with Crippen molar-refractivity contribution >= 4 is 29.3 Å². The number of carbonyl (C=O) groups excluding carboxylic acids is 1. The fourth-order valence-electron chi connectivity index (χ4n) is 0.607. The summed E-state index contributed by atoms with van der Waals surface area (Å²) >= 11 is 5.07. The van der Waals surface area contributed by atoms with Crippen LogP contribution < -0.4 is 0 Å². The Morgan fingerprint density at radius 3 is 2.00 bits per heavy atom. The normalized spacial score (nSPS) is 12.1. The summed E-state index contributed by atoms with van der Waals surface area (Å²) in [6.07, 6.45) is -0.721. The highest BCUT2D eigenvalue weighted by Crippen LogP contribution is 2.06. The van der Waals surface area contributed by atoms with Gasteiger partial charge in [-0.05, 0) is 0 Å². The van der Waals surface area contributed by atoms with E-state index in [1.807, 2.05) is 0 Å². The maximum Gasteiger partial charge on any atom is 0.314 e. The van der Waals surface area contributed by atoms with Crippen molar-refractivity contribution in [2.45, 2.75) is 6.42 Å². The van der Waals surface area contributed by atoms with Gasteiger partial charge in [-0.3, -0.25) is 14.4 Å². The molecule has 0 radical (unpaired) electrons. The van der Waals surface area contributed by atoms with E-state index in [1.165, 1.54) is 0 Å². The molecular formula is C6H7ClO5. The van der Waals surface area contributed by atoms with Gasteiger partial charge in [0.1, 0.15) is 5.92 Å². The van der Waals surface area contributed by atoms with Crippen molar-refractivity contribution in [3.05, 3.63) is 0 Å². The molecule has 0 saturated carbocycles. The predicted molar refractivity (Wildman–Crippen MR) is 39.1 cm³/mol. The van der Waals surface area contributed by atoms with Crippen molar-refractivity contribution in [3.63, 3.8) is 0 Å². The summed E-state index contributed by atoms with van der Waals surface area (Å²) in [5, 5.41) is 16.6. The summed E-state index contributed by atoms with van der Waals surface area (Å²) in [7, 11) is 0. The molecule has 6 heteroatoms. The Balaban J connectivity index is 4.33. The van der Waals surface area contributed by atoms with E-state index in [0.717, 1.165) is 0 Å². The Kier molecular flexibility index (Phi) is 4.28. The van der Waals surface area contributed by atoms with Crippen LogP contribution in [0.2, 0.25) is 0 Å². The van der Waals surface area contributed by atoms with E-state index in [9.17, 15) is 14.4 Å². The molecule has 0 rings (SSSR count). The van der Waals surface area contributed by atoms with Gasteiger partial charge in [0.2, 0.25) is 0 Å². The van der Waals surface area contributed by atoms with Gasteiger partial charge in [0.15, 0.2) is 5.78 Å². The van der Waals surface area contributed by atoms with Crippen LogP contribution in [-0.2, 0) is 14.4 Å². The Morgan fingerprint density at radius 1 is 1.25 bits per heavy atom. The van der Waals surface area contributed by atoms with Crippen LogP contribution in [0.3, 0.4) is 0 Å². The minimum absolute atomic E-state index is 0.482. The van der Waals surface area contributed by atoms with Crippen LogP contribution in [0.1, 0.15) is 6.42 Å². The minimum Gasteiger partial charge on any atom is -0.481 e. The molecule has 0 amide bonds. The Hall–Kier alpha value is -1.10. The first kappa shape index (κ1) is 10.9. The van der Waals surface area contributed by atoms with Gasteiger partial charge in [0, 0.05) is 0 Å². The van der Waals surface area contributed by atoms with Crippen molar-refractivity contribution in [1.29, 1.82) is 0 Å². The largest absolute Gasteiger partial charge is 0.481 e. The highest BCUT2D eigenvalue weighted by atomic mass is 35.5. The van der Waals surface area contributed by atoms with Crippen LogP contribution in [0, 0.1) is 5.92 Å². The molecule has 0 spiro atoms. The Labute approximate surface area is 72.9 Å². The van der Waals surface area contributed by atoms with Crippen molar-refractivity contribution < 1.29 is 24.6 Å². The van der Waals surface area contributed by atoms with Gasteiger partial charge >= 0.3 is 11.9 Å². The van der Waals surface area contributed by atoms with Gasteiger partial charge in [-0.25, -0.2) is 0 Å². The summed E-state index contributed by atoms with van der Waals surface area (Å²) in [5.41, 5.74) is 0. The standard InChI is InChI=1S/C6H7ClO5/c7-2-4(8)3(6(11)12)1-5(9)10/h3H,1-2H2,(H,9,10)(H,11,12). The van der Waals surface area contributed by atoms with Gasteiger partial charge < -0.3 is 10.2 Å². The first-order valence-corrected chi connectivity index (χ1v) is 3.55. The fraction of sp³-hybridized carbons (Fsp3) is 0.500. The fourth-order valence-corrected chi connectivity index (χ4v) is 0.793. The van der Waals surface area contributed by atoms with E-state index < -0.39 is 35.9 Å². The lowest BCUT2D eigenvalue weighted by molar-refractivity contribution is -0.151. The van der Waals surface area contributed by atoms with E-state index in [0.29, 0.717) is 0 Å². The molecule has 5 nitrogen and oxygen atoms in total. The molecular weight excluding hydrogens is 188 g/mol. The average Bonchev–Trinajstić information content (AvgIpc) is 1.98. The molecule has 0 saturated heterocycles. The maximum absolute atomic E-state index is 10.7. The molecule has 0 heterocycles. The number of rotatable bonds is 5. The molecule has 0 aliphatic rings. The third kappa shape index (κ3) is 3.34. The van der Waals surface area contributed by atoms with Crippen LogP contribution in [0.15, 0.2) is 0 Å². The van der Waals surface area contributed by atoms with Gasteiger partial charge in [0.05, 0.1) is 12.3 Å². The first-order chi connectivity index (χ1) is 5.49. The molecule has 0 aliphatic carbocycles. The Morgan fingerprint density at radius 2 is 1.75 bits per heavy atom. The first-order valence-electron chi connectivity index (χ1n) is 3.02. The lowest BCUT2D eigenvalue weighted by Gasteiger charge is -2.04. The number of Topliss-reactive ketones (excluding diaryl/α,β-unsaturated/α-hetero) is 1. The van der Waals surface area contributed by atoms with Crippen LogP contribution in [0.25, 0.3) is 0 Å². The van der Waals surface area contributed by atoms with E-state index >= 15 is 0 Å². The van der Waals surface area contributed by atoms with Crippen LogP contribution in [0.5, 0.6) is 0 Å². The van der Waals surface area contributed by atoms with Gasteiger partial charge in [0.25, 0.3) is 0 Å². The molecule has 68 valence electrons. The Bertz CT molecular complexity index is 212. The van der Waals surface area contributed by atoms with Crippen molar-refractivity contribution in [3.8, 4) is 0 Å². The lowest BCUT2D eigenvalue weighted by atomic mass is 10.0. The topological polar surface area (TPSA) is 91.7 Å². The average molecular weight is 195 g/mol. The zero-order chi connectivity index (χ0) is 9.72. The zero-order valence-corrected chi connectivity index (χ0v) is 6.74. The lowest BCUT2D eigenvalue weighted by Crippen LogP contribution is -2.27. The molecule has 2 N–H and O–H groups in total. The molecule has 0 aromatic heterocycles. The van der Waals surface area contributed by atoms with Crippen molar-refractivity contribution in [2.75, 3.05) is 5.88 Å². The molecule has 1 atom stereocenters.